The maximum Gasteiger partial charge on any atom is 0.311 e. The third-order valence-corrected chi connectivity index (χ3v) is 3.97. The molecule has 122 valence electrons. The van der Waals surface area contributed by atoms with E-state index in [-0.39, 0.29) is 12.4 Å². The highest BCUT2D eigenvalue weighted by Gasteiger charge is 2.12. The fraction of sp³-hybridized carbons (Fsp3) is 0.167. The molecule has 1 aromatic heterocycles. The van der Waals surface area contributed by atoms with Crippen LogP contribution in [0.15, 0.2) is 63.6 Å². The van der Waals surface area contributed by atoms with Gasteiger partial charge in [-0.3, -0.25) is 4.79 Å². The van der Waals surface area contributed by atoms with Crippen molar-refractivity contribution in [3.05, 3.63) is 76.3 Å². The van der Waals surface area contributed by atoms with Gasteiger partial charge < -0.3 is 9.26 Å². The highest BCUT2D eigenvalue weighted by molar-refractivity contribution is 9.10. The van der Waals surface area contributed by atoms with Gasteiger partial charge in [-0.15, -0.1) is 0 Å². The molecular formula is C18H15BrN2O3. The Hall–Kier alpha value is -2.47. The van der Waals surface area contributed by atoms with E-state index in [2.05, 4.69) is 26.1 Å². The molecule has 0 aliphatic heterocycles. The first-order valence-corrected chi connectivity index (χ1v) is 8.30. The number of hydrogen-bond acceptors (Lipinski definition) is 5. The van der Waals surface area contributed by atoms with E-state index in [1.165, 1.54) is 0 Å². The molecule has 0 unspecified atom stereocenters. The topological polar surface area (TPSA) is 65.2 Å². The SMILES string of the molecule is O=C(CCc1nc(Cc2ccccc2)no1)Oc1ccccc1Br. The van der Waals surface area contributed by atoms with Crippen LogP contribution in [0.2, 0.25) is 0 Å². The minimum Gasteiger partial charge on any atom is -0.425 e. The van der Waals surface area contributed by atoms with Crippen LogP contribution in [-0.2, 0) is 17.6 Å². The molecule has 0 bridgehead atoms. The summed E-state index contributed by atoms with van der Waals surface area (Å²) in [6.45, 7) is 0. The Morgan fingerprint density at radius 2 is 1.83 bits per heavy atom. The van der Waals surface area contributed by atoms with Crippen LogP contribution in [0.5, 0.6) is 5.75 Å². The van der Waals surface area contributed by atoms with E-state index in [4.69, 9.17) is 9.26 Å². The van der Waals surface area contributed by atoms with Gasteiger partial charge in [-0.05, 0) is 33.6 Å². The van der Waals surface area contributed by atoms with Gasteiger partial charge in [0, 0.05) is 12.8 Å². The number of carbonyl (C=O) groups excluding carboxylic acids is 1. The Morgan fingerprint density at radius 1 is 1.08 bits per heavy atom. The Balaban J connectivity index is 1.52. The van der Waals surface area contributed by atoms with Crippen LogP contribution < -0.4 is 4.74 Å². The second-order valence-electron chi connectivity index (χ2n) is 5.17. The van der Waals surface area contributed by atoms with Crippen LogP contribution in [0, 0.1) is 0 Å². The molecule has 0 saturated carbocycles. The predicted octanol–water partition coefficient (Wildman–Crippen LogP) is 3.96. The number of carbonyl (C=O) groups is 1. The maximum atomic E-state index is 11.9. The summed E-state index contributed by atoms with van der Waals surface area (Å²) in [4.78, 5) is 16.2. The first-order chi connectivity index (χ1) is 11.7. The van der Waals surface area contributed by atoms with Gasteiger partial charge in [0.2, 0.25) is 5.89 Å². The highest BCUT2D eigenvalue weighted by atomic mass is 79.9. The number of rotatable bonds is 6. The van der Waals surface area contributed by atoms with E-state index in [0.29, 0.717) is 30.3 Å². The van der Waals surface area contributed by atoms with Crippen molar-refractivity contribution < 1.29 is 14.1 Å². The first-order valence-electron chi connectivity index (χ1n) is 7.51. The molecule has 0 radical (unpaired) electrons. The maximum absolute atomic E-state index is 11.9. The van der Waals surface area contributed by atoms with Crippen LogP contribution in [0.3, 0.4) is 0 Å². The lowest BCUT2D eigenvalue weighted by atomic mass is 10.1. The average Bonchev–Trinajstić information content (AvgIpc) is 3.03. The summed E-state index contributed by atoms with van der Waals surface area (Å²) in [5.74, 6) is 1.20. The van der Waals surface area contributed by atoms with E-state index in [9.17, 15) is 4.79 Å². The summed E-state index contributed by atoms with van der Waals surface area (Å²) in [5, 5.41) is 3.94. The molecule has 0 N–H and O–H groups in total. The second kappa shape index (κ2) is 7.88. The minimum atomic E-state index is -0.343. The van der Waals surface area contributed by atoms with Crippen molar-refractivity contribution in [2.45, 2.75) is 19.3 Å². The smallest absolute Gasteiger partial charge is 0.311 e. The van der Waals surface area contributed by atoms with Crippen molar-refractivity contribution in [1.29, 1.82) is 0 Å². The number of hydrogen-bond donors (Lipinski definition) is 0. The lowest BCUT2D eigenvalue weighted by Crippen LogP contribution is -2.09. The summed E-state index contributed by atoms with van der Waals surface area (Å²) in [6.07, 6.45) is 1.13. The van der Waals surface area contributed by atoms with Crippen molar-refractivity contribution >= 4 is 21.9 Å². The van der Waals surface area contributed by atoms with Gasteiger partial charge in [0.25, 0.3) is 0 Å². The van der Waals surface area contributed by atoms with Crippen LogP contribution >= 0.6 is 15.9 Å². The molecule has 0 aliphatic rings. The van der Waals surface area contributed by atoms with Crippen molar-refractivity contribution in [3.8, 4) is 5.75 Å². The van der Waals surface area contributed by atoms with Crippen LogP contribution in [0.4, 0.5) is 0 Å². The van der Waals surface area contributed by atoms with E-state index in [1.54, 1.807) is 12.1 Å². The van der Waals surface area contributed by atoms with Gasteiger partial charge >= 0.3 is 5.97 Å². The zero-order chi connectivity index (χ0) is 16.8. The Labute approximate surface area is 147 Å². The number of halogens is 1. The van der Waals surface area contributed by atoms with Crippen LogP contribution in [0.1, 0.15) is 23.7 Å². The van der Waals surface area contributed by atoms with E-state index < -0.39 is 0 Å². The lowest BCUT2D eigenvalue weighted by molar-refractivity contribution is -0.134. The molecule has 2 aromatic carbocycles. The molecule has 0 spiro atoms. The monoisotopic (exact) mass is 386 g/mol. The third kappa shape index (κ3) is 4.52. The molecule has 6 heteroatoms. The summed E-state index contributed by atoms with van der Waals surface area (Å²) >= 11 is 3.34. The van der Waals surface area contributed by atoms with Gasteiger partial charge in [-0.25, -0.2) is 0 Å². The van der Waals surface area contributed by atoms with E-state index >= 15 is 0 Å². The molecule has 3 aromatic rings. The molecule has 0 amide bonds. The molecule has 0 aliphatic carbocycles. The van der Waals surface area contributed by atoms with Crippen molar-refractivity contribution in [2.24, 2.45) is 0 Å². The Morgan fingerprint density at radius 3 is 2.62 bits per heavy atom. The van der Waals surface area contributed by atoms with Gasteiger partial charge in [0.05, 0.1) is 10.9 Å². The summed E-state index contributed by atoms with van der Waals surface area (Å²) in [6, 6.07) is 17.1. The number of aromatic nitrogens is 2. The zero-order valence-corrected chi connectivity index (χ0v) is 14.4. The van der Waals surface area contributed by atoms with Gasteiger partial charge in [-0.2, -0.15) is 4.98 Å². The number of aryl methyl sites for hydroxylation is 1. The van der Waals surface area contributed by atoms with E-state index in [1.807, 2.05) is 42.5 Å². The van der Waals surface area contributed by atoms with Crippen molar-refractivity contribution in [1.82, 2.24) is 10.1 Å². The molecule has 5 nitrogen and oxygen atoms in total. The first kappa shape index (κ1) is 16.4. The number of para-hydroxylation sites is 1. The molecule has 0 atom stereocenters. The van der Waals surface area contributed by atoms with E-state index in [0.717, 1.165) is 10.0 Å². The number of ether oxygens (including phenoxy) is 1. The van der Waals surface area contributed by atoms with Gasteiger partial charge in [0.15, 0.2) is 5.82 Å². The number of benzene rings is 2. The normalized spacial score (nSPS) is 10.5. The quantitative estimate of drug-likeness (QED) is 0.473. The van der Waals surface area contributed by atoms with Gasteiger partial charge in [-0.1, -0.05) is 47.6 Å². The lowest BCUT2D eigenvalue weighted by Gasteiger charge is -2.04. The predicted molar refractivity (Wildman–Crippen MR) is 91.6 cm³/mol. The Kier molecular flexibility index (Phi) is 5.38. The molecule has 1 heterocycles. The molecule has 0 fully saturated rings. The summed E-state index contributed by atoms with van der Waals surface area (Å²) in [5.41, 5.74) is 1.11. The van der Waals surface area contributed by atoms with Crippen LogP contribution in [0.25, 0.3) is 0 Å². The summed E-state index contributed by atoms with van der Waals surface area (Å²) in [7, 11) is 0. The summed E-state index contributed by atoms with van der Waals surface area (Å²) < 4.78 is 11.2. The highest BCUT2D eigenvalue weighted by Crippen LogP contribution is 2.24. The minimum absolute atomic E-state index is 0.175. The number of esters is 1. The molecular weight excluding hydrogens is 372 g/mol. The standard InChI is InChI=1S/C18H15BrN2O3/c19-14-8-4-5-9-15(14)23-18(22)11-10-17-20-16(21-24-17)12-13-6-2-1-3-7-13/h1-9H,10-12H2. The fourth-order valence-corrected chi connectivity index (χ4v) is 2.52. The van der Waals surface area contributed by atoms with Crippen molar-refractivity contribution in [3.63, 3.8) is 0 Å². The van der Waals surface area contributed by atoms with Crippen LogP contribution in [-0.4, -0.2) is 16.1 Å². The largest absolute Gasteiger partial charge is 0.425 e. The van der Waals surface area contributed by atoms with Gasteiger partial charge in [0.1, 0.15) is 5.75 Å². The molecule has 0 saturated heterocycles. The molecule has 24 heavy (non-hydrogen) atoms. The second-order valence-corrected chi connectivity index (χ2v) is 6.03. The fourth-order valence-electron chi connectivity index (χ4n) is 2.15. The zero-order valence-electron chi connectivity index (χ0n) is 12.8. The molecule has 3 rings (SSSR count). The average molecular weight is 387 g/mol. The Bertz CT molecular complexity index is 818. The van der Waals surface area contributed by atoms with Crippen molar-refractivity contribution in [2.75, 3.05) is 0 Å². The third-order valence-electron chi connectivity index (χ3n) is 3.32. The number of nitrogens with zero attached hydrogens (tertiary/aromatic N) is 2.